The summed E-state index contributed by atoms with van der Waals surface area (Å²) in [7, 11) is 0. The Hall–Kier alpha value is -4.20. The Morgan fingerprint density at radius 2 is 1.66 bits per heavy atom. The number of ether oxygens (including phenoxy) is 2. The van der Waals surface area contributed by atoms with Gasteiger partial charge in [-0.15, -0.1) is 10.2 Å². The van der Waals surface area contributed by atoms with E-state index in [1.165, 1.54) is 0 Å². The number of carbonyl (C=O) groups excluding carboxylic acids is 1. The Balaban J connectivity index is 1.31. The van der Waals surface area contributed by atoms with Gasteiger partial charge >= 0.3 is 0 Å². The fraction of sp³-hybridized carbons (Fsp3) is 0.259. The summed E-state index contributed by atoms with van der Waals surface area (Å²) < 4.78 is 13.4. The van der Waals surface area contributed by atoms with Crippen LogP contribution in [0, 0.1) is 13.8 Å². The molecule has 0 unspecified atom stereocenters. The SMILES string of the molecule is CCCCCOc1ccc(C(=O)Nc2ccc(Oc3ccc(-n4cnc(C)c4C)nn3)cc2)cc1. The summed E-state index contributed by atoms with van der Waals surface area (Å²) in [6, 6.07) is 17.8. The van der Waals surface area contributed by atoms with Gasteiger partial charge < -0.3 is 14.8 Å². The first-order chi connectivity index (χ1) is 17.0. The average molecular weight is 472 g/mol. The van der Waals surface area contributed by atoms with Crippen molar-refractivity contribution in [1.29, 1.82) is 0 Å². The van der Waals surface area contributed by atoms with Crippen LogP contribution < -0.4 is 14.8 Å². The van der Waals surface area contributed by atoms with E-state index in [1.54, 1.807) is 48.8 Å². The third-order valence-electron chi connectivity index (χ3n) is 5.59. The number of benzene rings is 2. The first-order valence-corrected chi connectivity index (χ1v) is 11.7. The minimum atomic E-state index is -0.192. The standard InChI is InChI=1S/C27H29N5O3/c1-4-5-6-17-34-23-11-7-21(8-12-23)27(33)29-22-9-13-24(14-10-22)35-26-16-15-25(30-31-26)32-18-28-19(2)20(32)3/h7-16,18H,4-6,17H2,1-3H3,(H,29,33). The first-order valence-electron chi connectivity index (χ1n) is 11.7. The van der Waals surface area contributed by atoms with Crippen molar-refractivity contribution in [3.05, 3.63) is 83.9 Å². The van der Waals surface area contributed by atoms with Crippen molar-refractivity contribution in [3.63, 3.8) is 0 Å². The maximum Gasteiger partial charge on any atom is 0.255 e. The molecule has 0 saturated carbocycles. The van der Waals surface area contributed by atoms with Crippen LogP contribution in [0.2, 0.25) is 0 Å². The topological polar surface area (TPSA) is 91.2 Å². The maximum atomic E-state index is 12.6. The number of anilines is 1. The fourth-order valence-corrected chi connectivity index (χ4v) is 3.40. The van der Waals surface area contributed by atoms with Gasteiger partial charge in [0, 0.05) is 23.0 Å². The van der Waals surface area contributed by atoms with E-state index in [-0.39, 0.29) is 5.91 Å². The molecule has 0 aliphatic heterocycles. The molecule has 2 aromatic heterocycles. The van der Waals surface area contributed by atoms with Crippen LogP contribution in [0.4, 0.5) is 5.69 Å². The van der Waals surface area contributed by atoms with Crippen LogP contribution in [0.5, 0.6) is 17.4 Å². The molecule has 0 atom stereocenters. The molecular formula is C27H29N5O3. The van der Waals surface area contributed by atoms with Crippen molar-refractivity contribution in [2.45, 2.75) is 40.0 Å². The van der Waals surface area contributed by atoms with Crippen LogP contribution in [0.25, 0.3) is 5.82 Å². The van der Waals surface area contributed by atoms with Gasteiger partial charge in [0.15, 0.2) is 5.82 Å². The number of carbonyl (C=O) groups is 1. The number of imidazole rings is 1. The molecule has 8 heteroatoms. The average Bonchev–Trinajstić information content (AvgIpc) is 3.22. The second-order valence-corrected chi connectivity index (χ2v) is 8.18. The molecule has 8 nitrogen and oxygen atoms in total. The van der Waals surface area contributed by atoms with E-state index in [2.05, 4.69) is 27.4 Å². The van der Waals surface area contributed by atoms with E-state index in [4.69, 9.17) is 9.47 Å². The minimum absolute atomic E-state index is 0.192. The van der Waals surface area contributed by atoms with Crippen LogP contribution in [-0.4, -0.2) is 32.3 Å². The summed E-state index contributed by atoms with van der Waals surface area (Å²) in [4.78, 5) is 16.8. The molecule has 4 rings (SSSR count). The van der Waals surface area contributed by atoms with Crippen molar-refractivity contribution >= 4 is 11.6 Å². The molecule has 180 valence electrons. The predicted octanol–water partition coefficient (Wildman–Crippen LogP) is 5.89. The van der Waals surface area contributed by atoms with Gasteiger partial charge in [0.2, 0.25) is 5.88 Å². The van der Waals surface area contributed by atoms with Crippen LogP contribution in [0.3, 0.4) is 0 Å². The highest BCUT2D eigenvalue weighted by Crippen LogP contribution is 2.22. The number of amides is 1. The summed E-state index contributed by atoms with van der Waals surface area (Å²) >= 11 is 0. The van der Waals surface area contributed by atoms with Gasteiger partial charge in [0.05, 0.1) is 12.3 Å². The van der Waals surface area contributed by atoms with Gasteiger partial charge in [-0.25, -0.2) is 4.98 Å². The van der Waals surface area contributed by atoms with E-state index in [1.807, 2.05) is 36.6 Å². The van der Waals surface area contributed by atoms with Crippen LogP contribution in [-0.2, 0) is 0 Å². The van der Waals surface area contributed by atoms with Crippen LogP contribution >= 0.6 is 0 Å². The summed E-state index contributed by atoms with van der Waals surface area (Å²) in [6.07, 6.45) is 5.05. The zero-order valence-corrected chi connectivity index (χ0v) is 20.2. The maximum absolute atomic E-state index is 12.6. The normalized spacial score (nSPS) is 10.7. The van der Waals surface area contributed by atoms with E-state index in [0.29, 0.717) is 35.3 Å². The smallest absolute Gasteiger partial charge is 0.255 e. The number of hydrogen-bond donors (Lipinski definition) is 1. The third kappa shape index (κ3) is 6.23. The first kappa shape index (κ1) is 23.9. The van der Waals surface area contributed by atoms with Gasteiger partial charge in [-0.3, -0.25) is 9.36 Å². The molecule has 1 N–H and O–H groups in total. The third-order valence-corrected chi connectivity index (χ3v) is 5.59. The lowest BCUT2D eigenvalue weighted by Crippen LogP contribution is -2.11. The zero-order valence-electron chi connectivity index (χ0n) is 20.2. The molecule has 4 aromatic rings. The number of nitrogens with zero attached hydrogens (tertiary/aromatic N) is 4. The Kier molecular flexibility index (Phi) is 7.72. The number of aromatic nitrogens is 4. The Labute approximate surface area is 205 Å². The van der Waals surface area contributed by atoms with Gasteiger partial charge in [-0.1, -0.05) is 19.8 Å². The Bertz CT molecular complexity index is 1250. The zero-order chi connectivity index (χ0) is 24.6. The molecule has 0 bridgehead atoms. The van der Waals surface area contributed by atoms with Crippen molar-refractivity contribution in [2.75, 3.05) is 11.9 Å². The number of hydrogen-bond acceptors (Lipinski definition) is 6. The summed E-state index contributed by atoms with van der Waals surface area (Å²) in [5.41, 5.74) is 3.18. The lowest BCUT2D eigenvalue weighted by atomic mass is 10.2. The van der Waals surface area contributed by atoms with Crippen molar-refractivity contribution in [3.8, 4) is 23.2 Å². The Morgan fingerprint density at radius 3 is 2.29 bits per heavy atom. The molecule has 2 aromatic carbocycles. The van der Waals surface area contributed by atoms with Crippen LogP contribution in [0.1, 0.15) is 47.9 Å². The second kappa shape index (κ2) is 11.3. The van der Waals surface area contributed by atoms with Gasteiger partial charge in [0.25, 0.3) is 5.91 Å². The summed E-state index contributed by atoms with van der Waals surface area (Å²) in [6.45, 7) is 6.78. The molecule has 0 aliphatic rings. The second-order valence-electron chi connectivity index (χ2n) is 8.18. The molecule has 1 amide bonds. The van der Waals surface area contributed by atoms with E-state index < -0.39 is 0 Å². The largest absolute Gasteiger partial charge is 0.494 e. The number of nitrogens with one attached hydrogen (secondary N) is 1. The lowest BCUT2D eigenvalue weighted by Gasteiger charge is -2.09. The minimum Gasteiger partial charge on any atom is -0.494 e. The fourth-order valence-electron chi connectivity index (χ4n) is 3.40. The molecule has 35 heavy (non-hydrogen) atoms. The summed E-state index contributed by atoms with van der Waals surface area (Å²) in [5, 5.41) is 11.3. The van der Waals surface area contributed by atoms with Gasteiger partial charge in [-0.05, 0) is 74.9 Å². The van der Waals surface area contributed by atoms with Crippen molar-refractivity contribution in [1.82, 2.24) is 19.7 Å². The van der Waals surface area contributed by atoms with E-state index >= 15 is 0 Å². The molecule has 0 saturated heterocycles. The molecule has 0 aliphatic carbocycles. The number of rotatable bonds is 10. The van der Waals surface area contributed by atoms with E-state index in [0.717, 1.165) is 36.4 Å². The van der Waals surface area contributed by atoms with Gasteiger partial charge in [-0.2, -0.15) is 0 Å². The van der Waals surface area contributed by atoms with Crippen molar-refractivity contribution in [2.24, 2.45) is 0 Å². The molecular weight excluding hydrogens is 442 g/mol. The molecule has 0 radical (unpaired) electrons. The Morgan fingerprint density at radius 1 is 0.914 bits per heavy atom. The molecule has 0 spiro atoms. The summed E-state index contributed by atoms with van der Waals surface area (Å²) in [5.74, 6) is 2.21. The van der Waals surface area contributed by atoms with Gasteiger partial charge in [0.1, 0.15) is 17.8 Å². The highest BCUT2D eigenvalue weighted by atomic mass is 16.5. The highest BCUT2D eigenvalue weighted by molar-refractivity contribution is 6.04. The van der Waals surface area contributed by atoms with Crippen molar-refractivity contribution < 1.29 is 14.3 Å². The highest BCUT2D eigenvalue weighted by Gasteiger charge is 2.09. The lowest BCUT2D eigenvalue weighted by molar-refractivity contribution is 0.102. The molecule has 0 fully saturated rings. The van der Waals surface area contributed by atoms with Crippen LogP contribution in [0.15, 0.2) is 67.0 Å². The molecule has 2 heterocycles. The monoisotopic (exact) mass is 471 g/mol. The number of unbranched alkanes of at least 4 members (excludes halogenated alkanes) is 2. The quantitative estimate of drug-likeness (QED) is 0.290. The number of aryl methyl sites for hydroxylation is 1. The predicted molar refractivity (Wildman–Crippen MR) is 135 cm³/mol. The van der Waals surface area contributed by atoms with E-state index in [9.17, 15) is 4.79 Å².